The van der Waals surface area contributed by atoms with Crippen molar-refractivity contribution in [1.82, 2.24) is 14.9 Å². The van der Waals surface area contributed by atoms with E-state index in [0.717, 1.165) is 61.3 Å². The Balaban J connectivity index is 1.54. The van der Waals surface area contributed by atoms with E-state index in [1.54, 1.807) is 13.2 Å². The Morgan fingerprint density at radius 3 is 2.50 bits per heavy atom. The van der Waals surface area contributed by atoms with Crippen LogP contribution in [-0.4, -0.2) is 47.7 Å². The smallest absolute Gasteiger partial charge is 0.223 e. The number of hydrogen-bond acceptors (Lipinski definition) is 6. The lowest BCUT2D eigenvalue weighted by molar-refractivity contribution is 0.210. The lowest BCUT2D eigenvalue weighted by Gasteiger charge is -2.32. The zero-order valence-electron chi connectivity index (χ0n) is 17.1. The van der Waals surface area contributed by atoms with Gasteiger partial charge in [-0.25, -0.2) is 9.97 Å². The van der Waals surface area contributed by atoms with E-state index in [4.69, 9.17) is 9.47 Å². The van der Waals surface area contributed by atoms with Gasteiger partial charge in [-0.15, -0.1) is 0 Å². The maximum absolute atomic E-state index is 5.72. The van der Waals surface area contributed by atoms with E-state index in [-0.39, 0.29) is 0 Å². The fourth-order valence-corrected chi connectivity index (χ4v) is 3.55. The molecule has 1 aromatic heterocycles. The van der Waals surface area contributed by atoms with Crippen molar-refractivity contribution in [3.8, 4) is 11.5 Å². The molecule has 0 saturated carbocycles. The summed E-state index contributed by atoms with van der Waals surface area (Å²) in [6, 6.07) is 8.55. The van der Waals surface area contributed by atoms with Crippen LogP contribution in [0.4, 0.5) is 5.95 Å². The number of ether oxygens (including phenoxy) is 2. The largest absolute Gasteiger partial charge is 0.493 e. The minimum absolute atomic E-state index is 0.416. The second-order valence-corrected chi connectivity index (χ2v) is 7.25. The average molecular weight is 383 g/mol. The van der Waals surface area contributed by atoms with Crippen molar-refractivity contribution in [2.75, 3.05) is 32.1 Å². The summed E-state index contributed by atoms with van der Waals surface area (Å²) in [5.74, 6) is 2.26. The first-order valence-electron chi connectivity index (χ1n) is 9.79. The lowest BCUT2D eigenvalue weighted by atomic mass is 10.0. The average Bonchev–Trinajstić information content (AvgIpc) is 2.67. The minimum atomic E-state index is 0.416. The van der Waals surface area contributed by atoms with Crippen molar-refractivity contribution in [2.24, 2.45) is 0 Å². The van der Waals surface area contributed by atoms with Gasteiger partial charge in [-0.2, -0.15) is 0 Å². The van der Waals surface area contributed by atoms with E-state index in [0.29, 0.717) is 12.6 Å². The number of hydrogen-bond donors (Lipinski definition) is 1. The highest BCUT2D eigenvalue weighted by Gasteiger charge is 2.20. The summed E-state index contributed by atoms with van der Waals surface area (Å²) in [6.07, 6.45) is 3.89. The van der Waals surface area contributed by atoms with Crippen LogP contribution in [-0.2, 0) is 6.54 Å². The summed E-state index contributed by atoms with van der Waals surface area (Å²) in [4.78, 5) is 11.5. The standard InChI is InChI=1S/C22H30N4O2/c1-5-12-28-21-14-18(6-7-20(21)27-4)15-26-10-8-19(9-11-26)25-22-23-16(2)13-17(3)24-22/h5-7,13-14,19H,1,8-12,15H2,2-4H3,(H,23,24,25). The molecule has 0 bridgehead atoms. The number of nitrogens with zero attached hydrogens (tertiary/aromatic N) is 3. The van der Waals surface area contributed by atoms with Gasteiger partial charge in [0.15, 0.2) is 11.5 Å². The Hall–Kier alpha value is -2.60. The maximum atomic E-state index is 5.72. The molecule has 3 rings (SSSR count). The highest BCUT2D eigenvalue weighted by molar-refractivity contribution is 5.43. The molecule has 0 atom stereocenters. The van der Waals surface area contributed by atoms with Crippen LogP contribution in [0.5, 0.6) is 11.5 Å². The molecule has 6 heteroatoms. The molecule has 150 valence electrons. The highest BCUT2D eigenvalue weighted by Crippen LogP contribution is 2.29. The normalized spacial score (nSPS) is 15.2. The molecule has 1 N–H and O–H groups in total. The van der Waals surface area contributed by atoms with Gasteiger partial charge in [0.2, 0.25) is 5.95 Å². The van der Waals surface area contributed by atoms with Crippen molar-refractivity contribution in [3.63, 3.8) is 0 Å². The van der Waals surface area contributed by atoms with Gasteiger partial charge in [0, 0.05) is 37.1 Å². The summed E-state index contributed by atoms with van der Waals surface area (Å²) < 4.78 is 11.1. The van der Waals surface area contributed by atoms with Gasteiger partial charge in [0.1, 0.15) is 6.61 Å². The molecular weight excluding hydrogens is 352 g/mol. The number of methoxy groups -OCH3 is 1. The third kappa shape index (κ3) is 5.45. The summed E-state index contributed by atoms with van der Waals surface area (Å²) in [7, 11) is 1.66. The quantitative estimate of drug-likeness (QED) is 0.702. The second-order valence-electron chi connectivity index (χ2n) is 7.25. The topological polar surface area (TPSA) is 59.5 Å². The van der Waals surface area contributed by atoms with Crippen LogP contribution in [0, 0.1) is 13.8 Å². The first kappa shape index (κ1) is 20.1. The Kier molecular flexibility index (Phi) is 6.87. The van der Waals surface area contributed by atoms with E-state index >= 15 is 0 Å². The van der Waals surface area contributed by atoms with E-state index in [2.05, 4.69) is 38.9 Å². The fraction of sp³-hybridized carbons (Fsp3) is 0.455. The number of benzene rings is 1. The van der Waals surface area contributed by atoms with Gasteiger partial charge < -0.3 is 14.8 Å². The third-order valence-electron chi connectivity index (χ3n) is 4.89. The number of piperidine rings is 1. The van der Waals surface area contributed by atoms with Crippen LogP contribution in [0.2, 0.25) is 0 Å². The molecule has 1 fully saturated rings. The van der Waals surface area contributed by atoms with Gasteiger partial charge in [-0.1, -0.05) is 18.7 Å². The molecule has 2 aromatic rings. The predicted octanol–water partition coefficient (Wildman–Crippen LogP) is 3.74. The lowest BCUT2D eigenvalue weighted by Crippen LogP contribution is -2.39. The molecule has 0 aliphatic carbocycles. The SMILES string of the molecule is C=CCOc1cc(CN2CCC(Nc3nc(C)cc(C)n3)CC2)ccc1OC. The summed E-state index contributed by atoms with van der Waals surface area (Å²) in [5.41, 5.74) is 3.23. The van der Waals surface area contributed by atoms with Gasteiger partial charge in [0.25, 0.3) is 0 Å². The molecule has 0 radical (unpaired) electrons. The van der Waals surface area contributed by atoms with E-state index in [1.165, 1.54) is 5.56 Å². The van der Waals surface area contributed by atoms with E-state index < -0.39 is 0 Å². The summed E-state index contributed by atoms with van der Waals surface area (Å²) in [6.45, 7) is 11.2. The number of anilines is 1. The Morgan fingerprint density at radius 1 is 1.14 bits per heavy atom. The molecule has 1 aromatic carbocycles. The van der Waals surface area contributed by atoms with Crippen molar-refractivity contribution in [3.05, 3.63) is 53.9 Å². The molecule has 0 unspecified atom stereocenters. The zero-order valence-corrected chi connectivity index (χ0v) is 17.1. The molecule has 2 heterocycles. The van der Waals surface area contributed by atoms with Crippen LogP contribution < -0.4 is 14.8 Å². The Morgan fingerprint density at radius 2 is 1.86 bits per heavy atom. The summed E-state index contributed by atoms with van der Waals surface area (Å²) in [5, 5.41) is 3.50. The fourth-order valence-electron chi connectivity index (χ4n) is 3.55. The summed E-state index contributed by atoms with van der Waals surface area (Å²) >= 11 is 0. The first-order chi connectivity index (χ1) is 13.6. The van der Waals surface area contributed by atoms with Gasteiger partial charge >= 0.3 is 0 Å². The molecule has 28 heavy (non-hydrogen) atoms. The molecule has 0 amide bonds. The second kappa shape index (κ2) is 9.55. The maximum Gasteiger partial charge on any atom is 0.223 e. The molecule has 0 spiro atoms. The molecule has 6 nitrogen and oxygen atoms in total. The monoisotopic (exact) mass is 382 g/mol. The van der Waals surface area contributed by atoms with Crippen LogP contribution in [0.25, 0.3) is 0 Å². The number of aryl methyl sites for hydroxylation is 2. The zero-order chi connectivity index (χ0) is 19.9. The van der Waals surface area contributed by atoms with Crippen molar-refractivity contribution >= 4 is 5.95 Å². The third-order valence-corrected chi connectivity index (χ3v) is 4.89. The highest BCUT2D eigenvalue weighted by atomic mass is 16.5. The number of aromatic nitrogens is 2. The van der Waals surface area contributed by atoms with Crippen LogP contribution in [0.15, 0.2) is 36.9 Å². The van der Waals surface area contributed by atoms with Crippen molar-refractivity contribution < 1.29 is 9.47 Å². The molecular formula is C22H30N4O2. The van der Waals surface area contributed by atoms with Crippen molar-refractivity contribution in [2.45, 2.75) is 39.3 Å². The number of rotatable bonds is 8. The van der Waals surface area contributed by atoms with Crippen LogP contribution in [0.3, 0.4) is 0 Å². The Bertz CT molecular complexity index is 781. The van der Waals surface area contributed by atoms with Gasteiger partial charge in [0.05, 0.1) is 7.11 Å². The molecule has 1 saturated heterocycles. The number of likely N-dealkylation sites (tertiary alicyclic amines) is 1. The van der Waals surface area contributed by atoms with Crippen LogP contribution in [0.1, 0.15) is 29.8 Å². The Labute approximate surface area is 167 Å². The molecule has 1 aliphatic heterocycles. The van der Waals surface area contributed by atoms with Gasteiger partial charge in [-0.05, 0) is 50.5 Å². The number of nitrogens with one attached hydrogen (secondary N) is 1. The van der Waals surface area contributed by atoms with Crippen LogP contribution >= 0.6 is 0 Å². The van der Waals surface area contributed by atoms with E-state index in [9.17, 15) is 0 Å². The predicted molar refractivity (Wildman–Crippen MR) is 112 cm³/mol. The van der Waals surface area contributed by atoms with E-state index in [1.807, 2.05) is 26.0 Å². The molecule has 1 aliphatic rings. The van der Waals surface area contributed by atoms with Crippen molar-refractivity contribution in [1.29, 1.82) is 0 Å². The first-order valence-corrected chi connectivity index (χ1v) is 9.79. The minimum Gasteiger partial charge on any atom is -0.493 e. The van der Waals surface area contributed by atoms with Gasteiger partial charge in [-0.3, -0.25) is 4.90 Å².